The largest absolute Gasteiger partial charge is 0.363 e. The van der Waals surface area contributed by atoms with Gasteiger partial charge in [0.05, 0.1) is 24.0 Å². The number of hydrogen-bond acceptors (Lipinski definition) is 6. The zero-order valence-corrected chi connectivity index (χ0v) is 16.9. The van der Waals surface area contributed by atoms with Gasteiger partial charge in [-0.05, 0) is 24.9 Å². The van der Waals surface area contributed by atoms with Crippen LogP contribution in [0.2, 0.25) is 0 Å². The first-order valence-electron chi connectivity index (χ1n) is 9.11. The summed E-state index contributed by atoms with van der Waals surface area (Å²) in [5.74, 6) is 1.51. The number of nitrogens with zero attached hydrogens (tertiary/aromatic N) is 4. The molecular weight excluding hydrogens is 362 g/mol. The average molecular weight is 390 g/mol. The van der Waals surface area contributed by atoms with Crippen LogP contribution >= 0.6 is 0 Å². The predicted molar refractivity (Wildman–Crippen MR) is 107 cm³/mol. The first kappa shape index (κ1) is 19.7. The Morgan fingerprint density at radius 2 is 1.89 bits per heavy atom. The van der Waals surface area contributed by atoms with Crippen LogP contribution in [-0.4, -0.2) is 50.4 Å². The Morgan fingerprint density at radius 3 is 2.52 bits per heavy atom. The number of anilines is 1. The summed E-state index contributed by atoms with van der Waals surface area (Å²) in [4.78, 5) is 11.2. The smallest absolute Gasteiger partial charge is 0.218 e. The summed E-state index contributed by atoms with van der Waals surface area (Å²) < 4.78 is 26.8. The van der Waals surface area contributed by atoms with Crippen molar-refractivity contribution >= 4 is 15.8 Å². The zero-order chi connectivity index (χ0) is 19.4. The van der Waals surface area contributed by atoms with Crippen molar-refractivity contribution in [2.75, 3.05) is 32.6 Å². The molecule has 0 radical (unpaired) electrons. The minimum atomic E-state index is -3.43. The second-order valence-electron chi connectivity index (χ2n) is 7.12. The molecule has 0 spiro atoms. The lowest BCUT2D eigenvalue weighted by Crippen LogP contribution is -2.29. The number of aromatic nitrogens is 2. The van der Waals surface area contributed by atoms with Gasteiger partial charge < -0.3 is 10.2 Å². The van der Waals surface area contributed by atoms with Crippen molar-refractivity contribution in [1.29, 1.82) is 0 Å². The van der Waals surface area contributed by atoms with Crippen molar-refractivity contribution in [2.24, 2.45) is 0 Å². The number of benzene rings is 1. The van der Waals surface area contributed by atoms with Crippen LogP contribution in [0.4, 0.5) is 5.82 Å². The summed E-state index contributed by atoms with van der Waals surface area (Å²) in [6.45, 7) is 1.18. The Hall–Kier alpha value is -2.03. The zero-order valence-electron chi connectivity index (χ0n) is 16.1. The van der Waals surface area contributed by atoms with Gasteiger partial charge in [-0.2, -0.15) is 4.31 Å². The van der Waals surface area contributed by atoms with Gasteiger partial charge in [0.25, 0.3) is 0 Å². The van der Waals surface area contributed by atoms with Crippen LogP contribution in [0.1, 0.15) is 36.0 Å². The fourth-order valence-electron chi connectivity index (χ4n) is 3.10. The number of nitrogens with one attached hydrogen (secondary N) is 1. The lowest BCUT2D eigenvalue weighted by Gasteiger charge is -2.20. The van der Waals surface area contributed by atoms with Crippen LogP contribution in [0.25, 0.3) is 0 Å². The maximum atomic E-state index is 12.7. The van der Waals surface area contributed by atoms with Gasteiger partial charge in [-0.3, -0.25) is 0 Å². The first-order chi connectivity index (χ1) is 12.8. The molecule has 1 aliphatic rings. The molecule has 1 saturated heterocycles. The summed E-state index contributed by atoms with van der Waals surface area (Å²) >= 11 is 0. The van der Waals surface area contributed by atoms with Crippen molar-refractivity contribution in [3.63, 3.8) is 0 Å². The quantitative estimate of drug-likeness (QED) is 0.780. The third-order valence-electron chi connectivity index (χ3n) is 4.66. The molecule has 7 nitrogen and oxygen atoms in total. The molecule has 1 aliphatic heterocycles. The predicted octanol–water partition coefficient (Wildman–Crippen LogP) is 1.93. The summed E-state index contributed by atoms with van der Waals surface area (Å²) in [7, 11) is 2.02. The topological polar surface area (TPSA) is 78.4 Å². The highest BCUT2D eigenvalue weighted by atomic mass is 32.2. The molecular formula is C19H27N5O2S. The van der Waals surface area contributed by atoms with Crippen LogP contribution < -0.4 is 10.2 Å². The van der Waals surface area contributed by atoms with Crippen molar-refractivity contribution < 1.29 is 8.42 Å². The average Bonchev–Trinajstić information content (AvgIpc) is 3.16. The lowest BCUT2D eigenvalue weighted by molar-refractivity contribution is 0.458. The van der Waals surface area contributed by atoms with E-state index in [-0.39, 0.29) is 18.3 Å². The van der Waals surface area contributed by atoms with Gasteiger partial charge in [0.1, 0.15) is 11.6 Å². The second kappa shape index (κ2) is 8.33. The third kappa shape index (κ3) is 5.03. The first-order valence-corrected chi connectivity index (χ1v) is 10.7. The van der Waals surface area contributed by atoms with Gasteiger partial charge in [-0.1, -0.05) is 30.3 Å². The van der Waals surface area contributed by atoms with Gasteiger partial charge in [0.2, 0.25) is 10.0 Å². The monoisotopic (exact) mass is 389 g/mol. The molecule has 0 amide bonds. The third-order valence-corrected chi connectivity index (χ3v) is 6.44. The van der Waals surface area contributed by atoms with Crippen molar-refractivity contribution in [2.45, 2.75) is 31.2 Å². The fourth-order valence-corrected chi connectivity index (χ4v) is 4.26. The Bertz CT molecular complexity index is 865. The van der Waals surface area contributed by atoms with Crippen LogP contribution in [0.3, 0.4) is 0 Å². The molecule has 1 fully saturated rings. The van der Waals surface area contributed by atoms with Crippen LogP contribution in [-0.2, 0) is 22.3 Å². The minimum absolute atomic E-state index is 0.0208. The second-order valence-corrected chi connectivity index (χ2v) is 9.19. The van der Waals surface area contributed by atoms with E-state index >= 15 is 0 Å². The molecule has 1 aromatic heterocycles. The van der Waals surface area contributed by atoms with E-state index in [4.69, 9.17) is 0 Å². The SMILES string of the molecule is CN(C)c1cc(CN(C)S(=O)(=O)Cc2ccccc2)nc([C@H]2CCCN2)n1. The highest BCUT2D eigenvalue weighted by Gasteiger charge is 2.23. The Labute approximate surface area is 161 Å². The summed E-state index contributed by atoms with van der Waals surface area (Å²) in [5.41, 5.74) is 1.48. The van der Waals surface area contributed by atoms with Crippen molar-refractivity contribution in [3.05, 3.63) is 53.5 Å². The van der Waals surface area contributed by atoms with E-state index in [1.54, 1.807) is 7.05 Å². The molecule has 8 heteroatoms. The van der Waals surface area contributed by atoms with E-state index in [1.165, 1.54) is 4.31 Å². The number of rotatable bonds is 7. The Balaban J connectivity index is 1.80. The molecule has 1 N–H and O–H groups in total. The minimum Gasteiger partial charge on any atom is -0.363 e. The van der Waals surface area contributed by atoms with E-state index in [0.717, 1.165) is 36.6 Å². The molecule has 0 aliphatic carbocycles. The summed E-state index contributed by atoms with van der Waals surface area (Å²) in [6, 6.07) is 11.2. The highest BCUT2D eigenvalue weighted by molar-refractivity contribution is 7.88. The van der Waals surface area contributed by atoms with Gasteiger partial charge >= 0.3 is 0 Å². The van der Waals surface area contributed by atoms with Crippen molar-refractivity contribution in [1.82, 2.24) is 19.6 Å². The Kier molecular flexibility index (Phi) is 6.08. The molecule has 27 heavy (non-hydrogen) atoms. The molecule has 2 aromatic rings. The van der Waals surface area contributed by atoms with E-state index in [1.807, 2.05) is 55.4 Å². The van der Waals surface area contributed by atoms with E-state index in [9.17, 15) is 8.42 Å². The molecule has 1 aromatic carbocycles. The molecule has 3 rings (SSSR count). The summed E-state index contributed by atoms with van der Waals surface area (Å²) in [5, 5.41) is 3.41. The molecule has 1 atom stereocenters. The molecule has 0 unspecified atom stereocenters. The molecule has 146 valence electrons. The van der Waals surface area contributed by atoms with E-state index in [2.05, 4.69) is 15.3 Å². The highest BCUT2D eigenvalue weighted by Crippen LogP contribution is 2.23. The molecule has 2 heterocycles. The van der Waals surface area contributed by atoms with Gasteiger partial charge in [-0.15, -0.1) is 0 Å². The maximum absolute atomic E-state index is 12.7. The number of hydrogen-bond donors (Lipinski definition) is 1. The van der Waals surface area contributed by atoms with Gasteiger partial charge in [0.15, 0.2) is 0 Å². The normalized spacial score (nSPS) is 17.4. The van der Waals surface area contributed by atoms with Crippen LogP contribution in [0.15, 0.2) is 36.4 Å². The standard InChI is InChI=1S/C19H27N5O2S/c1-23(2)18-12-16(21-19(22-18)17-10-7-11-20-17)13-24(3)27(25,26)14-15-8-5-4-6-9-15/h4-6,8-9,12,17,20H,7,10-11,13-14H2,1-3H3/t17-/m1/s1. The lowest BCUT2D eigenvalue weighted by atomic mass is 10.2. The van der Waals surface area contributed by atoms with Crippen LogP contribution in [0.5, 0.6) is 0 Å². The fraction of sp³-hybridized carbons (Fsp3) is 0.474. The molecule has 0 bridgehead atoms. The summed E-state index contributed by atoms with van der Waals surface area (Å²) in [6.07, 6.45) is 2.10. The number of sulfonamides is 1. The molecule has 0 saturated carbocycles. The van der Waals surface area contributed by atoms with Crippen LogP contribution in [0, 0.1) is 0 Å². The van der Waals surface area contributed by atoms with Gasteiger partial charge in [0, 0.05) is 27.2 Å². The maximum Gasteiger partial charge on any atom is 0.218 e. The van der Waals surface area contributed by atoms with E-state index in [0.29, 0.717) is 5.69 Å². The van der Waals surface area contributed by atoms with Gasteiger partial charge in [-0.25, -0.2) is 18.4 Å². The Morgan fingerprint density at radius 1 is 1.15 bits per heavy atom. The van der Waals surface area contributed by atoms with Crippen molar-refractivity contribution in [3.8, 4) is 0 Å². The van der Waals surface area contributed by atoms with E-state index < -0.39 is 10.0 Å².